The Kier molecular flexibility index (Phi) is 6.32. The molecule has 1 aromatic rings. The molecular weight excluding hydrogens is 314 g/mol. The molecule has 1 aliphatic carbocycles. The zero-order chi connectivity index (χ0) is 17.6. The fraction of sp³-hybridized carbons (Fsp3) is 0.650. The van der Waals surface area contributed by atoms with Gasteiger partial charge in [-0.05, 0) is 49.3 Å². The Hall–Kier alpha value is -1.59. The van der Waals surface area contributed by atoms with E-state index in [1.165, 1.54) is 18.4 Å². The van der Waals surface area contributed by atoms with E-state index in [1.807, 2.05) is 12.1 Å². The van der Waals surface area contributed by atoms with E-state index in [-0.39, 0.29) is 18.7 Å². The predicted octanol–water partition coefficient (Wildman–Crippen LogP) is 2.63. The van der Waals surface area contributed by atoms with Crippen LogP contribution in [0.4, 0.5) is 4.79 Å². The van der Waals surface area contributed by atoms with Crippen LogP contribution in [-0.4, -0.2) is 41.3 Å². The summed E-state index contributed by atoms with van der Waals surface area (Å²) >= 11 is 0. The van der Waals surface area contributed by atoms with Crippen LogP contribution < -0.4 is 10.6 Å². The van der Waals surface area contributed by atoms with Crippen molar-refractivity contribution in [3.05, 3.63) is 35.4 Å². The number of nitrogens with zero attached hydrogens (tertiary/aromatic N) is 1. The number of hydrogen-bond acceptors (Lipinski definition) is 3. The number of urea groups is 1. The summed E-state index contributed by atoms with van der Waals surface area (Å²) in [4.78, 5) is 14.6. The van der Waals surface area contributed by atoms with Gasteiger partial charge in [0.25, 0.3) is 0 Å². The molecule has 2 aliphatic rings. The highest BCUT2D eigenvalue weighted by atomic mass is 16.3. The number of aliphatic hydroxyl groups excluding tert-OH is 1. The molecular formula is C20H31N3O2. The van der Waals surface area contributed by atoms with Gasteiger partial charge in [0, 0.05) is 25.2 Å². The van der Waals surface area contributed by atoms with Crippen molar-refractivity contribution in [3.63, 3.8) is 0 Å². The predicted molar refractivity (Wildman–Crippen MR) is 99.1 cm³/mol. The first kappa shape index (κ1) is 18.2. The maximum atomic E-state index is 12.2. The molecule has 0 unspecified atom stereocenters. The fourth-order valence-electron chi connectivity index (χ4n) is 4.17. The molecule has 5 nitrogen and oxygen atoms in total. The molecule has 1 aliphatic heterocycles. The molecule has 0 radical (unpaired) electrons. The topological polar surface area (TPSA) is 64.6 Å². The summed E-state index contributed by atoms with van der Waals surface area (Å²) in [5.74, 6) is 0.573. The zero-order valence-corrected chi connectivity index (χ0v) is 15.2. The Bertz CT molecular complexity index is 578. The summed E-state index contributed by atoms with van der Waals surface area (Å²) in [6.45, 7) is 4.85. The normalized spacial score (nSPS) is 26.7. The van der Waals surface area contributed by atoms with Crippen LogP contribution in [0.5, 0.6) is 0 Å². The van der Waals surface area contributed by atoms with Crippen LogP contribution in [0.1, 0.15) is 50.2 Å². The Balaban J connectivity index is 1.54. The molecule has 0 spiro atoms. The van der Waals surface area contributed by atoms with E-state index >= 15 is 0 Å². The molecule has 3 rings (SSSR count). The first-order chi connectivity index (χ1) is 12.2. The number of amides is 2. The molecule has 1 aromatic carbocycles. The number of hydrogen-bond donors (Lipinski definition) is 3. The lowest BCUT2D eigenvalue weighted by Crippen LogP contribution is -2.43. The van der Waals surface area contributed by atoms with Gasteiger partial charge in [-0.25, -0.2) is 4.79 Å². The summed E-state index contributed by atoms with van der Waals surface area (Å²) in [7, 11) is 0. The molecule has 3 atom stereocenters. The van der Waals surface area contributed by atoms with Gasteiger partial charge in [0.15, 0.2) is 0 Å². The summed E-state index contributed by atoms with van der Waals surface area (Å²) in [6, 6.07) is 8.79. The third-order valence-corrected chi connectivity index (χ3v) is 5.82. The van der Waals surface area contributed by atoms with Crippen molar-refractivity contribution < 1.29 is 9.90 Å². The number of rotatable bonds is 6. The van der Waals surface area contributed by atoms with Crippen molar-refractivity contribution in [1.29, 1.82) is 0 Å². The van der Waals surface area contributed by atoms with Crippen molar-refractivity contribution in [2.75, 3.05) is 13.2 Å². The van der Waals surface area contributed by atoms with Gasteiger partial charge in [-0.15, -0.1) is 0 Å². The lowest BCUT2D eigenvalue weighted by molar-refractivity contribution is 0.153. The smallest absolute Gasteiger partial charge is 0.315 e. The number of likely N-dealkylation sites (tertiary alicyclic amines) is 1. The zero-order valence-electron chi connectivity index (χ0n) is 15.2. The number of nitrogens with one attached hydrogen (secondary N) is 2. The van der Waals surface area contributed by atoms with E-state index in [0.717, 1.165) is 37.9 Å². The largest absolute Gasteiger partial charge is 0.395 e. The molecule has 1 heterocycles. The van der Waals surface area contributed by atoms with Crippen molar-refractivity contribution in [2.45, 2.75) is 64.2 Å². The Labute approximate surface area is 150 Å². The minimum absolute atomic E-state index is 0.0667. The average Bonchev–Trinajstić information content (AvgIpc) is 3.23. The van der Waals surface area contributed by atoms with Gasteiger partial charge in [0.1, 0.15) is 0 Å². The summed E-state index contributed by atoms with van der Waals surface area (Å²) in [5.41, 5.74) is 2.39. The van der Waals surface area contributed by atoms with Crippen LogP contribution in [0.2, 0.25) is 0 Å². The van der Waals surface area contributed by atoms with Gasteiger partial charge >= 0.3 is 6.03 Å². The number of aliphatic hydroxyl groups is 1. The quantitative estimate of drug-likeness (QED) is 0.743. The second kappa shape index (κ2) is 8.68. The maximum absolute atomic E-state index is 12.2. The molecule has 5 heteroatoms. The molecule has 3 N–H and O–H groups in total. The minimum atomic E-state index is -0.0667. The van der Waals surface area contributed by atoms with Gasteiger partial charge in [-0.1, -0.05) is 37.6 Å². The molecule has 0 bridgehead atoms. The van der Waals surface area contributed by atoms with Gasteiger partial charge in [0.2, 0.25) is 0 Å². The van der Waals surface area contributed by atoms with Crippen LogP contribution in [0.25, 0.3) is 0 Å². The molecule has 1 saturated carbocycles. The average molecular weight is 345 g/mol. The van der Waals surface area contributed by atoms with Crippen molar-refractivity contribution in [3.8, 4) is 0 Å². The summed E-state index contributed by atoms with van der Waals surface area (Å²) in [5, 5.41) is 15.6. The van der Waals surface area contributed by atoms with Crippen LogP contribution in [0.3, 0.4) is 0 Å². The molecule has 25 heavy (non-hydrogen) atoms. The van der Waals surface area contributed by atoms with Crippen LogP contribution in [-0.2, 0) is 13.1 Å². The number of benzene rings is 1. The second-order valence-corrected chi connectivity index (χ2v) is 7.56. The lowest BCUT2D eigenvalue weighted by atomic mass is 10.1. The molecule has 2 fully saturated rings. The summed E-state index contributed by atoms with van der Waals surface area (Å²) in [6.07, 6.45) is 5.71. The van der Waals surface area contributed by atoms with Gasteiger partial charge in [-0.3, -0.25) is 4.90 Å². The molecule has 1 saturated heterocycles. The van der Waals surface area contributed by atoms with E-state index in [4.69, 9.17) is 0 Å². The van der Waals surface area contributed by atoms with Gasteiger partial charge < -0.3 is 15.7 Å². The third-order valence-electron chi connectivity index (χ3n) is 5.82. The Morgan fingerprint density at radius 1 is 1.20 bits per heavy atom. The minimum Gasteiger partial charge on any atom is -0.395 e. The highest BCUT2D eigenvalue weighted by molar-refractivity contribution is 5.74. The van der Waals surface area contributed by atoms with Crippen LogP contribution in [0.15, 0.2) is 24.3 Å². The van der Waals surface area contributed by atoms with E-state index in [2.05, 4.69) is 34.6 Å². The number of carbonyl (C=O) groups excluding carboxylic acids is 1. The summed E-state index contributed by atoms with van der Waals surface area (Å²) < 4.78 is 0. The molecule has 138 valence electrons. The maximum Gasteiger partial charge on any atom is 0.315 e. The van der Waals surface area contributed by atoms with Crippen molar-refractivity contribution in [2.24, 2.45) is 5.92 Å². The SMILES string of the molecule is C[C@@H]1CCC[C@@H]1NC(=O)NCc1ccccc1CN1CCC[C@H]1CO. The monoisotopic (exact) mass is 345 g/mol. The molecule has 0 aromatic heterocycles. The van der Waals surface area contributed by atoms with E-state index < -0.39 is 0 Å². The number of carbonyl (C=O) groups is 1. The standard InChI is InChI=1S/C20H31N3O2/c1-15-6-4-10-19(15)22-20(25)21-12-16-7-2-3-8-17(16)13-23-11-5-9-18(23)14-24/h2-3,7-8,15,18-19,24H,4-6,9-14H2,1H3,(H2,21,22,25)/t15-,18+,19+/m1/s1. The first-order valence-electron chi connectivity index (χ1n) is 9.63. The van der Waals surface area contributed by atoms with Gasteiger partial charge in [0.05, 0.1) is 6.61 Å². The van der Waals surface area contributed by atoms with Gasteiger partial charge in [-0.2, -0.15) is 0 Å². The Morgan fingerprint density at radius 3 is 2.72 bits per heavy atom. The van der Waals surface area contributed by atoms with Crippen LogP contribution in [0, 0.1) is 5.92 Å². The van der Waals surface area contributed by atoms with Crippen molar-refractivity contribution >= 4 is 6.03 Å². The first-order valence-corrected chi connectivity index (χ1v) is 9.63. The van der Waals surface area contributed by atoms with E-state index in [0.29, 0.717) is 18.5 Å². The Morgan fingerprint density at radius 2 is 2.00 bits per heavy atom. The third kappa shape index (κ3) is 4.73. The van der Waals surface area contributed by atoms with E-state index in [1.54, 1.807) is 0 Å². The second-order valence-electron chi connectivity index (χ2n) is 7.56. The lowest BCUT2D eigenvalue weighted by Gasteiger charge is -2.24. The van der Waals surface area contributed by atoms with E-state index in [9.17, 15) is 9.90 Å². The fourth-order valence-corrected chi connectivity index (χ4v) is 4.17. The molecule has 2 amide bonds. The van der Waals surface area contributed by atoms with Crippen LogP contribution >= 0.6 is 0 Å². The van der Waals surface area contributed by atoms with Crippen molar-refractivity contribution in [1.82, 2.24) is 15.5 Å². The highest BCUT2D eigenvalue weighted by Crippen LogP contribution is 2.24. The highest BCUT2D eigenvalue weighted by Gasteiger charge is 2.25.